The molecule has 0 fully saturated rings. The Hall–Kier alpha value is -1.98. The van der Waals surface area contributed by atoms with Crippen LogP contribution in [0.5, 0.6) is 11.5 Å². The first kappa shape index (κ1) is 28.3. The second-order valence-corrected chi connectivity index (χ2v) is 23.3. The number of benzene rings is 2. The van der Waals surface area contributed by atoms with E-state index in [-0.39, 0.29) is 5.78 Å². The Morgan fingerprint density at radius 2 is 1.21 bits per heavy atom. The van der Waals surface area contributed by atoms with Crippen LogP contribution in [0.25, 0.3) is 0 Å². The Labute approximate surface area is 208 Å². The maximum atomic E-state index is 12.8. The molecule has 0 atom stereocenters. The molecule has 34 heavy (non-hydrogen) atoms. The topological polar surface area (TPSA) is 54.0 Å². The molecule has 0 unspecified atom stereocenters. The lowest BCUT2D eigenvalue weighted by atomic mass is 10.0. The van der Waals surface area contributed by atoms with Crippen molar-refractivity contribution < 1.29 is 22.5 Å². The van der Waals surface area contributed by atoms with Crippen molar-refractivity contribution in [2.75, 3.05) is 13.2 Å². The highest BCUT2D eigenvalue weighted by atomic mass is 28.5. The van der Waals surface area contributed by atoms with Gasteiger partial charge in [-0.1, -0.05) is 12.7 Å². The molecule has 0 aromatic heterocycles. The number of carbonyl (C=O) groups is 1. The highest BCUT2D eigenvalue weighted by molar-refractivity contribution is 6.87. The van der Waals surface area contributed by atoms with Gasteiger partial charge in [-0.15, -0.1) is 0 Å². The minimum absolute atomic E-state index is 0.0319. The maximum Gasteiger partial charge on any atom is 0.314 e. The van der Waals surface area contributed by atoms with Crippen molar-refractivity contribution in [1.82, 2.24) is 0 Å². The van der Waals surface area contributed by atoms with Crippen molar-refractivity contribution in [3.8, 4) is 11.5 Å². The van der Waals surface area contributed by atoms with Crippen molar-refractivity contribution in [2.24, 2.45) is 0 Å². The summed E-state index contributed by atoms with van der Waals surface area (Å²) in [5.74, 6) is 1.44. The van der Waals surface area contributed by atoms with Gasteiger partial charge in [-0.3, -0.25) is 4.79 Å². The van der Waals surface area contributed by atoms with Crippen LogP contribution in [-0.2, 0) is 8.23 Å². The molecule has 0 aliphatic carbocycles. The van der Waals surface area contributed by atoms with Gasteiger partial charge in [0, 0.05) is 11.1 Å². The maximum absolute atomic E-state index is 12.8. The SMILES string of the molecule is C=CCOc1ccc(C(=O)c2ccc(OCCC[Si](C)(O[Si](C)(C)C)O[Si](C)(C)C)cc2)cc1. The summed E-state index contributed by atoms with van der Waals surface area (Å²) < 4.78 is 24.5. The summed E-state index contributed by atoms with van der Waals surface area (Å²) in [6.07, 6.45) is 2.56. The summed E-state index contributed by atoms with van der Waals surface area (Å²) in [4.78, 5) is 12.8. The van der Waals surface area contributed by atoms with E-state index in [0.717, 1.165) is 18.2 Å². The van der Waals surface area contributed by atoms with Crippen molar-refractivity contribution >= 4 is 31.0 Å². The van der Waals surface area contributed by atoms with Crippen LogP contribution < -0.4 is 9.47 Å². The van der Waals surface area contributed by atoms with Gasteiger partial charge in [-0.05, 0) is 107 Å². The zero-order valence-corrected chi connectivity index (χ0v) is 24.8. The number of hydrogen-bond donors (Lipinski definition) is 0. The number of hydrogen-bond acceptors (Lipinski definition) is 5. The zero-order chi connectivity index (χ0) is 25.4. The molecule has 0 aliphatic rings. The molecule has 8 heteroatoms. The largest absolute Gasteiger partial charge is 0.494 e. The molecule has 2 aromatic rings. The van der Waals surface area contributed by atoms with Gasteiger partial charge in [0.25, 0.3) is 0 Å². The molecular weight excluding hydrogens is 477 g/mol. The van der Waals surface area contributed by atoms with Crippen LogP contribution in [0.1, 0.15) is 22.3 Å². The molecule has 2 rings (SSSR count). The fourth-order valence-electron chi connectivity index (χ4n) is 3.73. The average Bonchev–Trinajstić information content (AvgIpc) is 2.73. The van der Waals surface area contributed by atoms with Crippen LogP contribution in [0.2, 0.25) is 51.9 Å². The van der Waals surface area contributed by atoms with Crippen LogP contribution in [0.15, 0.2) is 61.2 Å². The lowest BCUT2D eigenvalue weighted by Crippen LogP contribution is -2.52. The zero-order valence-electron chi connectivity index (χ0n) is 21.8. The Morgan fingerprint density at radius 1 is 0.765 bits per heavy atom. The molecule has 0 amide bonds. The van der Waals surface area contributed by atoms with E-state index in [4.69, 9.17) is 17.7 Å². The van der Waals surface area contributed by atoms with Gasteiger partial charge < -0.3 is 17.7 Å². The fraction of sp³-hybridized carbons (Fsp3) is 0.423. The van der Waals surface area contributed by atoms with E-state index < -0.39 is 25.2 Å². The van der Waals surface area contributed by atoms with Crippen LogP contribution >= 0.6 is 0 Å². The van der Waals surface area contributed by atoms with E-state index in [1.54, 1.807) is 42.5 Å². The summed E-state index contributed by atoms with van der Waals surface area (Å²) in [6.45, 7) is 20.2. The van der Waals surface area contributed by atoms with Crippen molar-refractivity contribution in [1.29, 1.82) is 0 Å². The van der Waals surface area contributed by atoms with Gasteiger partial charge in [-0.2, -0.15) is 0 Å². The first-order valence-corrected chi connectivity index (χ1v) is 21.2. The lowest BCUT2D eigenvalue weighted by molar-refractivity contribution is 0.103. The minimum atomic E-state index is -2.25. The number of ketones is 1. The molecule has 186 valence electrons. The number of rotatable bonds is 14. The third-order valence-corrected chi connectivity index (χ3v) is 14.3. The molecule has 0 heterocycles. The predicted octanol–water partition coefficient (Wildman–Crippen LogP) is 7.03. The van der Waals surface area contributed by atoms with E-state index in [1.165, 1.54) is 0 Å². The first-order chi connectivity index (χ1) is 15.8. The number of carbonyl (C=O) groups excluding carboxylic acids is 1. The van der Waals surface area contributed by atoms with E-state index in [2.05, 4.69) is 52.4 Å². The standard InChI is InChI=1S/C26H40O5Si3/c1-9-19-28-24-15-11-22(12-16-24)26(27)23-13-17-25(18-14-23)29-20-10-21-34(8,30-32(2,3)4)31-33(5,6)7/h9,11-18H,1,10,19-21H2,2-8H3. The highest BCUT2D eigenvalue weighted by Crippen LogP contribution is 2.26. The van der Waals surface area contributed by atoms with Gasteiger partial charge in [0.2, 0.25) is 0 Å². The molecule has 0 spiro atoms. The second kappa shape index (κ2) is 12.1. The van der Waals surface area contributed by atoms with Crippen LogP contribution in [0.3, 0.4) is 0 Å². The summed E-state index contributed by atoms with van der Waals surface area (Å²) in [7, 11) is -5.64. The Balaban J connectivity index is 1.90. The molecule has 0 radical (unpaired) electrons. The minimum Gasteiger partial charge on any atom is -0.494 e. The average molecular weight is 517 g/mol. The third kappa shape index (κ3) is 10.1. The molecule has 0 N–H and O–H groups in total. The highest BCUT2D eigenvalue weighted by Gasteiger charge is 2.39. The Kier molecular flexibility index (Phi) is 10.1. The molecular formula is C26H40O5Si3. The van der Waals surface area contributed by atoms with Crippen LogP contribution in [0, 0.1) is 0 Å². The summed E-state index contributed by atoms with van der Waals surface area (Å²) in [6, 6.07) is 15.4. The molecule has 0 saturated carbocycles. The van der Waals surface area contributed by atoms with Gasteiger partial charge >= 0.3 is 8.56 Å². The summed E-state index contributed by atoms with van der Waals surface area (Å²) in [5.41, 5.74) is 1.24. The van der Waals surface area contributed by atoms with Gasteiger partial charge in [0.05, 0.1) is 6.61 Å². The number of ether oxygens (including phenoxy) is 2. The van der Waals surface area contributed by atoms with Crippen molar-refractivity contribution in [3.05, 3.63) is 72.3 Å². The van der Waals surface area contributed by atoms with E-state index >= 15 is 0 Å². The first-order valence-electron chi connectivity index (χ1n) is 11.8. The fourth-order valence-corrected chi connectivity index (χ4v) is 16.2. The Morgan fingerprint density at radius 3 is 1.62 bits per heavy atom. The quantitative estimate of drug-likeness (QED) is 0.117. The predicted molar refractivity (Wildman–Crippen MR) is 147 cm³/mol. The van der Waals surface area contributed by atoms with Crippen LogP contribution in [0.4, 0.5) is 0 Å². The molecule has 5 nitrogen and oxygen atoms in total. The van der Waals surface area contributed by atoms with Crippen molar-refractivity contribution in [2.45, 2.75) is 58.3 Å². The van der Waals surface area contributed by atoms with Gasteiger partial charge in [0.15, 0.2) is 22.4 Å². The monoisotopic (exact) mass is 516 g/mol. The van der Waals surface area contributed by atoms with E-state index in [1.807, 2.05) is 12.1 Å². The van der Waals surface area contributed by atoms with E-state index in [9.17, 15) is 4.79 Å². The van der Waals surface area contributed by atoms with E-state index in [0.29, 0.717) is 30.1 Å². The smallest absolute Gasteiger partial charge is 0.314 e. The molecule has 0 saturated heterocycles. The third-order valence-electron chi connectivity index (χ3n) is 4.69. The van der Waals surface area contributed by atoms with Crippen molar-refractivity contribution in [3.63, 3.8) is 0 Å². The molecule has 0 aliphatic heterocycles. The lowest BCUT2D eigenvalue weighted by Gasteiger charge is -2.38. The normalized spacial score (nSPS) is 12.3. The Bertz CT molecular complexity index is 913. The van der Waals surface area contributed by atoms with Gasteiger partial charge in [-0.25, -0.2) is 0 Å². The van der Waals surface area contributed by atoms with Crippen LogP contribution in [-0.4, -0.2) is 44.2 Å². The molecule has 2 aromatic carbocycles. The summed E-state index contributed by atoms with van der Waals surface area (Å²) in [5, 5.41) is 0. The molecule has 0 bridgehead atoms. The summed E-state index contributed by atoms with van der Waals surface area (Å²) >= 11 is 0. The second-order valence-electron chi connectivity index (χ2n) is 10.5. The van der Waals surface area contributed by atoms with Gasteiger partial charge in [0.1, 0.15) is 18.1 Å².